The van der Waals surface area contributed by atoms with E-state index in [4.69, 9.17) is 23.7 Å². The molecule has 4 amide bonds. The number of esters is 2. The highest BCUT2D eigenvalue weighted by Gasteiger charge is 2.76. The maximum Gasteiger partial charge on any atom is 0.329 e. The predicted molar refractivity (Wildman–Crippen MR) is 304 cm³/mol. The molecule has 1 spiro atoms. The second kappa shape index (κ2) is 23.9. The number of aliphatic hydroxyl groups is 1. The fourth-order valence-electron chi connectivity index (χ4n) is 12.5. The van der Waals surface area contributed by atoms with E-state index >= 15 is 19.2 Å². The molecular weight excluding hydrogens is 1040 g/mol. The Morgan fingerprint density at radius 2 is 1.46 bits per heavy atom. The Labute approximate surface area is 477 Å². The number of cyclic esters (lactones) is 1. The summed E-state index contributed by atoms with van der Waals surface area (Å²) in [6.07, 6.45) is -0.944. The van der Waals surface area contributed by atoms with Crippen molar-refractivity contribution in [1.82, 2.24) is 24.9 Å². The second-order valence-corrected chi connectivity index (χ2v) is 21.7. The van der Waals surface area contributed by atoms with Crippen LogP contribution in [0.3, 0.4) is 0 Å². The zero-order valence-electron chi connectivity index (χ0n) is 46.3. The molecule has 6 aromatic carbocycles. The zero-order valence-corrected chi connectivity index (χ0v) is 46.3. The Morgan fingerprint density at radius 1 is 0.780 bits per heavy atom. The highest BCUT2D eigenvalue weighted by molar-refractivity contribution is 6.25. The monoisotopic (exact) mass is 1110 g/mol. The summed E-state index contributed by atoms with van der Waals surface area (Å²) in [6.45, 7) is 6.46. The van der Waals surface area contributed by atoms with Crippen LogP contribution in [0.2, 0.25) is 0 Å². The molecule has 2 N–H and O–H groups in total. The molecule has 0 unspecified atom stereocenters. The van der Waals surface area contributed by atoms with Gasteiger partial charge in [-0.25, -0.2) is 14.5 Å². The number of methoxy groups -OCH3 is 1. The molecule has 0 radical (unpaired) electrons. The van der Waals surface area contributed by atoms with Crippen LogP contribution >= 0.6 is 0 Å². The van der Waals surface area contributed by atoms with Crippen molar-refractivity contribution in [3.63, 3.8) is 0 Å². The molecule has 17 heteroatoms. The molecule has 0 saturated carbocycles. The number of benzene rings is 6. The molecule has 5 heterocycles. The maximum atomic E-state index is 17.1. The molecule has 3 saturated heterocycles. The lowest BCUT2D eigenvalue weighted by Gasteiger charge is -2.46. The van der Waals surface area contributed by atoms with Crippen LogP contribution in [-0.4, -0.2) is 133 Å². The van der Waals surface area contributed by atoms with Crippen molar-refractivity contribution >= 4 is 35.5 Å². The molecule has 17 nitrogen and oxygen atoms in total. The van der Waals surface area contributed by atoms with E-state index in [1.165, 1.54) is 7.11 Å². The molecule has 3 fully saturated rings. The Balaban J connectivity index is 1.11. The summed E-state index contributed by atoms with van der Waals surface area (Å²) in [5.41, 5.74) is 2.97. The number of ether oxygens (including phenoxy) is 5. The smallest absolute Gasteiger partial charge is 0.329 e. The number of rotatable bonds is 15. The minimum absolute atomic E-state index is 0.0207. The third kappa shape index (κ3) is 10.5. The summed E-state index contributed by atoms with van der Waals surface area (Å²) in [5.74, 6) is 3.79. The first-order chi connectivity index (χ1) is 39.9. The molecule has 11 rings (SSSR count). The van der Waals surface area contributed by atoms with Gasteiger partial charge in [-0.3, -0.25) is 29.1 Å². The number of amides is 4. The van der Waals surface area contributed by atoms with E-state index in [2.05, 4.69) is 39.1 Å². The largest absolute Gasteiger partial charge is 0.491 e. The number of nitrogens with one attached hydrogen (secondary N) is 1. The third-order valence-electron chi connectivity index (χ3n) is 16.3. The maximum absolute atomic E-state index is 17.1. The van der Waals surface area contributed by atoms with Crippen molar-refractivity contribution in [3.8, 4) is 29.1 Å². The Bertz CT molecular complexity index is 3380. The Hall–Kier alpha value is -8.53. The standard InChI is InChI=1S/C65H66N6O11/c1-42(2)55(61(74)78-4)66-64(77)70-51-28-22-43(17-14-30-67(3)39-44-15-8-5-9-16-44)37-50(51)65(63(70)76)54(60(73)69-33-31-68(32-34-69)40-45-23-29-52-53(38-45)81-41-80-52)57-62(75)82-58(47-20-12-7-13-21-47)56(46-18-10-6-11-19-46)71(57)59(65)48-24-26-49(27-25-48)79-36-35-72/h5-13,15-16,18-29,37-38,42,54-59,72H,30-36,39-41H2,1-4H3,(H,66,77)/t54-,55+,56-,57-,58+,59+,65-/m1/s1. The van der Waals surface area contributed by atoms with Gasteiger partial charge in [0, 0.05) is 44.8 Å². The first-order valence-electron chi connectivity index (χ1n) is 27.8. The van der Waals surface area contributed by atoms with Crippen molar-refractivity contribution in [3.05, 3.63) is 191 Å². The zero-order chi connectivity index (χ0) is 57.1. The molecule has 422 valence electrons. The predicted octanol–water partition coefficient (Wildman–Crippen LogP) is 7.19. The summed E-state index contributed by atoms with van der Waals surface area (Å²) in [6, 6.07) is 41.7. The highest BCUT2D eigenvalue weighted by atomic mass is 16.7. The number of piperazine rings is 1. The number of morpholine rings is 1. The van der Waals surface area contributed by atoms with E-state index in [1.54, 1.807) is 49.1 Å². The summed E-state index contributed by atoms with van der Waals surface area (Å²) < 4.78 is 29.1. The van der Waals surface area contributed by atoms with Gasteiger partial charge in [0.2, 0.25) is 18.6 Å². The number of hydrogen-bond donors (Lipinski definition) is 2. The van der Waals surface area contributed by atoms with E-state index in [0.717, 1.165) is 21.6 Å². The lowest BCUT2D eigenvalue weighted by atomic mass is 9.64. The third-order valence-corrected chi connectivity index (χ3v) is 16.3. The normalized spacial score (nSPS) is 22.3. The van der Waals surface area contributed by atoms with Crippen molar-refractivity contribution in [2.24, 2.45) is 11.8 Å². The number of urea groups is 1. The van der Waals surface area contributed by atoms with E-state index in [-0.39, 0.29) is 38.8 Å². The number of fused-ring (bicyclic) bond motifs is 4. The van der Waals surface area contributed by atoms with Gasteiger partial charge in [-0.05, 0) is 88.8 Å². The van der Waals surface area contributed by atoms with Gasteiger partial charge in [-0.15, -0.1) is 0 Å². The molecular formula is C65H66N6O11. The summed E-state index contributed by atoms with van der Waals surface area (Å²) in [7, 11) is 3.21. The van der Waals surface area contributed by atoms with Gasteiger partial charge in [0.15, 0.2) is 11.5 Å². The molecule has 5 aliphatic rings. The Kier molecular flexibility index (Phi) is 16.1. The van der Waals surface area contributed by atoms with Crippen LogP contribution in [-0.2, 0) is 47.2 Å². The van der Waals surface area contributed by atoms with Crippen molar-refractivity contribution < 1.29 is 52.8 Å². The van der Waals surface area contributed by atoms with Gasteiger partial charge in [0.05, 0.1) is 44.0 Å². The molecule has 0 aliphatic carbocycles. The molecule has 0 aromatic heterocycles. The summed E-state index contributed by atoms with van der Waals surface area (Å²) in [5, 5.41) is 12.6. The van der Waals surface area contributed by atoms with Crippen LogP contribution in [0.4, 0.5) is 10.5 Å². The average Bonchev–Trinajstić information content (AvgIpc) is 2.03. The number of anilines is 1. The highest BCUT2D eigenvalue weighted by Crippen LogP contribution is 2.66. The lowest BCUT2D eigenvalue weighted by Crippen LogP contribution is -2.59. The van der Waals surface area contributed by atoms with Gasteiger partial charge in [-0.1, -0.05) is 135 Å². The SMILES string of the molecule is COC(=O)[C@@H](NC(=O)N1C(=O)[C@@]2(c3cc(C#CCN(C)Cc4ccccc4)ccc31)[C@H](c1ccc(OCCO)cc1)N1[C@H](c3ccccc3)[C@H](c3ccccc3)OC(=O)[C@H]1[C@@H]2C(=O)N1CCN(Cc2ccc3c(c2)OCO3)CC1)C(C)C. The van der Waals surface area contributed by atoms with E-state index in [9.17, 15) is 9.90 Å². The van der Waals surface area contributed by atoms with Crippen LogP contribution < -0.4 is 24.4 Å². The van der Waals surface area contributed by atoms with Crippen LogP contribution in [0.1, 0.15) is 71.0 Å². The van der Waals surface area contributed by atoms with Gasteiger partial charge in [-0.2, -0.15) is 0 Å². The number of carbonyl (C=O) groups excluding carboxylic acids is 5. The van der Waals surface area contributed by atoms with Crippen LogP contribution in [0, 0.1) is 23.7 Å². The first kappa shape index (κ1) is 55.4. The topological polar surface area (TPSA) is 180 Å². The van der Waals surface area contributed by atoms with Crippen LogP contribution in [0.5, 0.6) is 17.2 Å². The molecule has 0 bridgehead atoms. The first-order valence-corrected chi connectivity index (χ1v) is 27.8. The molecule has 82 heavy (non-hydrogen) atoms. The van der Waals surface area contributed by atoms with E-state index < -0.39 is 77.3 Å². The molecule has 5 aliphatic heterocycles. The molecule has 7 atom stereocenters. The number of carbonyl (C=O) groups is 5. The van der Waals surface area contributed by atoms with Crippen LogP contribution in [0.15, 0.2) is 152 Å². The molecule has 6 aromatic rings. The number of imide groups is 1. The number of aliphatic hydroxyl groups excluding tert-OH is 1. The Morgan fingerprint density at radius 3 is 2.15 bits per heavy atom. The van der Waals surface area contributed by atoms with Gasteiger partial charge in [0.25, 0.3) is 0 Å². The van der Waals surface area contributed by atoms with Gasteiger partial charge in [0.1, 0.15) is 36.0 Å². The summed E-state index contributed by atoms with van der Waals surface area (Å²) >= 11 is 0. The quantitative estimate of drug-likeness (QED) is 0.0780. The van der Waals surface area contributed by atoms with E-state index in [0.29, 0.717) is 72.2 Å². The fourth-order valence-corrected chi connectivity index (χ4v) is 12.5. The summed E-state index contributed by atoms with van der Waals surface area (Å²) in [4.78, 5) is 87.4. The average molecular weight is 1110 g/mol. The van der Waals surface area contributed by atoms with Gasteiger partial charge >= 0.3 is 18.0 Å². The van der Waals surface area contributed by atoms with E-state index in [1.807, 2.05) is 121 Å². The van der Waals surface area contributed by atoms with Crippen molar-refractivity contribution in [2.45, 2.75) is 62.6 Å². The van der Waals surface area contributed by atoms with Crippen molar-refractivity contribution in [1.29, 1.82) is 0 Å². The number of nitrogens with zero attached hydrogens (tertiary/aromatic N) is 5. The second-order valence-electron chi connectivity index (χ2n) is 21.7. The van der Waals surface area contributed by atoms with Crippen molar-refractivity contribution in [2.75, 3.05) is 71.8 Å². The van der Waals surface area contributed by atoms with Gasteiger partial charge < -0.3 is 39.0 Å². The number of hydrogen-bond acceptors (Lipinski definition) is 14. The minimum atomic E-state index is -2.08. The lowest BCUT2D eigenvalue weighted by molar-refractivity contribution is -0.179. The minimum Gasteiger partial charge on any atom is -0.491 e. The fraction of sp³-hybridized carbons (Fsp3) is 0.338. The van der Waals surface area contributed by atoms with Crippen LogP contribution in [0.25, 0.3) is 0 Å².